The van der Waals surface area contributed by atoms with Gasteiger partial charge >= 0.3 is 12.0 Å². The summed E-state index contributed by atoms with van der Waals surface area (Å²) in [4.78, 5) is 24.0. The Morgan fingerprint density at radius 2 is 2.33 bits per heavy atom. The molecule has 18 heavy (non-hydrogen) atoms. The number of carboxylic acids is 1. The molecule has 0 saturated carbocycles. The average molecular weight is 256 g/mol. The average Bonchev–Trinajstić information content (AvgIpc) is 2.38. The first-order valence-corrected chi connectivity index (χ1v) is 5.52. The van der Waals surface area contributed by atoms with Gasteiger partial charge in [-0.15, -0.1) is 12.3 Å². The fraction of sp³-hybridized carbons (Fsp3) is 0.636. The van der Waals surface area contributed by atoms with Crippen LogP contribution in [0.2, 0.25) is 0 Å². The maximum atomic E-state index is 11.8. The molecular formula is C11H16N2O5. The number of carbonyl (C=O) groups excluding carboxylic acids is 1. The molecule has 100 valence electrons. The Balaban J connectivity index is 2.53. The molecule has 1 rings (SSSR count). The lowest BCUT2D eigenvalue weighted by molar-refractivity contribution is -0.139. The number of carboxylic acid groups (broad SMARTS) is 1. The SMILES string of the molecule is C#CCC(NC(=O)N1CCOC(CO)C1)C(=O)O. The van der Waals surface area contributed by atoms with Crippen LogP contribution in [0.1, 0.15) is 6.42 Å². The van der Waals surface area contributed by atoms with Crippen LogP contribution < -0.4 is 5.32 Å². The number of nitrogens with one attached hydrogen (secondary N) is 1. The first-order valence-electron chi connectivity index (χ1n) is 5.52. The van der Waals surface area contributed by atoms with Crippen LogP contribution in [0.3, 0.4) is 0 Å². The number of terminal acetylenes is 1. The first-order chi connectivity index (χ1) is 8.58. The molecule has 1 aliphatic rings. The van der Waals surface area contributed by atoms with E-state index in [0.717, 1.165) is 0 Å². The number of hydrogen-bond donors (Lipinski definition) is 3. The van der Waals surface area contributed by atoms with Crippen molar-refractivity contribution in [1.82, 2.24) is 10.2 Å². The van der Waals surface area contributed by atoms with E-state index in [1.54, 1.807) is 0 Å². The number of hydrogen-bond acceptors (Lipinski definition) is 4. The summed E-state index contributed by atoms with van der Waals surface area (Å²) in [5.41, 5.74) is 0. The van der Waals surface area contributed by atoms with Crippen LogP contribution in [0.5, 0.6) is 0 Å². The summed E-state index contributed by atoms with van der Waals surface area (Å²) < 4.78 is 5.19. The summed E-state index contributed by atoms with van der Waals surface area (Å²) in [7, 11) is 0. The van der Waals surface area contributed by atoms with Gasteiger partial charge in [0.05, 0.1) is 25.9 Å². The van der Waals surface area contributed by atoms with Crippen molar-refractivity contribution in [2.45, 2.75) is 18.6 Å². The molecule has 2 unspecified atom stereocenters. The van der Waals surface area contributed by atoms with Crippen molar-refractivity contribution in [2.75, 3.05) is 26.3 Å². The highest BCUT2D eigenvalue weighted by Gasteiger charge is 2.26. The second-order valence-electron chi connectivity index (χ2n) is 3.87. The van der Waals surface area contributed by atoms with Crippen LogP contribution in [0.25, 0.3) is 0 Å². The largest absolute Gasteiger partial charge is 0.480 e. The van der Waals surface area contributed by atoms with E-state index in [1.807, 2.05) is 0 Å². The van der Waals surface area contributed by atoms with Gasteiger partial charge in [-0.1, -0.05) is 0 Å². The third kappa shape index (κ3) is 3.91. The predicted molar refractivity (Wildman–Crippen MR) is 61.8 cm³/mol. The van der Waals surface area contributed by atoms with Crippen molar-refractivity contribution in [3.05, 3.63) is 0 Å². The van der Waals surface area contributed by atoms with Crippen molar-refractivity contribution in [3.8, 4) is 12.3 Å². The molecular weight excluding hydrogens is 240 g/mol. The Bertz CT molecular complexity index is 352. The van der Waals surface area contributed by atoms with E-state index < -0.39 is 24.1 Å². The molecule has 7 nitrogen and oxygen atoms in total. The first kappa shape index (κ1) is 14.3. The number of morpholine rings is 1. The Kier molecular flexibility index (Phi) is 5.42. The molecule has 0 aromatic rings. The van der Waals surface area contributed by atoms with Crippen LogP contribution in [-0.4, -0.2) is 65.6 Å². The van der Waals surface area contributed by atoms with Crippen LogP contribution in [0.15, 0.2) is 0 Å². The lowest BCUT2D eigenvalue weighted by Gasteiger charge is -2.32. The van der Waals surface area contributed by atoms with Gasteiger partial charge in [0.15, 0.2) is 0 Å². The highest BCUT2D eigenvalue weighted by atomic mass is 16.5. The number of amides is 2. The molecule has 0 aliphatic carbocycles. The Labute approximate surface area is 105 Å². The third-order valence-corrected chi connectivity index (χ3v) is 2.55. The molecule has 1 saturated heterocycles. The molecule has 2 amide bonds. The van der Waals surface area contributed by atoms with E-state index in [-0.39, 0.29) is 19.6 Å². The molecule has 1 heterocycles. The van der Waals surface area contributed by atoms with Gasteiger partial charge in [-0.25, -0.2) is 9.59 Å². The molecule has 7 heteroatoms. The van der Waals surface area contributed by atoms with Crippen molar-refractivity contribution in [1.29, 1.82) is 0 Å². The number of urea groups is 1. The number of carbonyl (C=O) groups is 2. The maximum Gasteiger partial charge on any atom is 0.327 e. The summed E-state index contributed by atoms with van der Waals surface area (Å²) in [6.07, 6.45) is 4.53. The standard InChI is InChI=1S/C11H16N2O5/c1-2-3-9(10(15)16)12-11(17)13-4-5-18-8(6-13)7-14/h1,8-9,14H,3-7H2,(H,12,17)(H,15,16). The number of aliphatic hydroxyl groups is 1. The van der Waals surface area contributed by atoms with E-state index in [9.17, 15) is 9.59 Å². The molecule has 1 aliphatic heterocycles. The minimum absolute atomic E-state index is 0.0746. The van der Waals surface area contributed by atoms with Crippen molar-refractivity contribution >= 4 is 12.0 Å². The summed E-state index contributed by atoms with van der Waals surface area (Å²) >= 11 is 0. The second-order valence-corrected chi connectivity index (χ2v) is 3.87. The van der Waals surface area contributed by atoms with Gasteiger partial charge in [-0.2, -0.15) is 0 Å². The van der Waals surface area contributed by atoms with E-state index in [1.165, 1.54) is 4.90 Å². The molecule has 3 N–H and O–H groups in total. The van der Waals surface area contributed by atoms with Crippen LogP contribution in [-0.2, 0) is 9.53 Å². The molecule has 0 aromatic heterocycles. The van der Waals surface area contributed by atoms with Gasteiger partial charge in [0, 0.05) is 13.0 Å². The summed E-state index contributed by atoms with van der Waals surface area (Å²) in [5, 5.41) is 20.1. The zero-order chi connectivity index (χ0) is 13.5. The quantitative estimate of drug-likeness (QED) is 0.552. The Morgan fingerprint density at radius 3 is 2.89 bits per heavy atom. The lowest BCUT2D eigenvalue weighted by atomic mass is 10.2. The summed E-state index contributed by atoms with van der Waals surface area (Å²) in [5.74, 6) is 1.03. The Hall–Kier alpha value is -1.78. The molecule has 0 bridgehead atoms. The van der Waals surface area contributed by atoms with Crippen molar-refractivity contribution in [2.24, 2.45) is 0 Å². The predicted octanol–water partition coefficient (Wildman–Crippen LogP) is -1.13. The number of aliphatic carboxylic acids is 1. The molecule has 0 radical (unpaired) electrons. The van der Waals surface area contributed by atoms with E-state index >= 15 is 0 Å². The maximum absolute atomic E-state index is 11.8. The number of rotatable bonds is 4. The van der Waals surface area contributed by atoms with Gasteiger partial charge in [0.1, 0.15) is 6.04 Å². The highest BCUT2D eigenvalue weighted by molar-refractivity contribution is 5.82. The zero-order valence-electron chi connectivity index (χ0n) is 9.83. The molecule has 0 aromatic carbocycles. The normalized spacial score (nSPS) is 20.9. The topological polar surface area (TPSA) is 99.1 Å². The van der Waals surface area contributed by atoms with Crippen LogP contribution >= 0.6 is 0 Å². The van der Waals surface area contributed by atoms with Gasteiger partial charge in [-0.05, 0) is 0 Å². The van der Waals surface area contributed by atoms with E-state index in [4.69, 9.17) is 21.4 Å². The summed E-state index contributed by atoms with van der Waals surface area (Å²) in [6, 6.07) is -1.61. The molecule has 0 spiro atoms. The zero-order valence-corrected chi connectivity index (χ0v) is 9.83. The van der Waals surface area contributed by atoms with E-state index in [2.05, 4.69) is 11.2 Å². The fourth-order valence-electron chi connectivity index (χ4n) is 1.57. The van der Waals surface area contributed by atoms with Gasteiger partial charge in [-0.3, -0.25) is 0 Å². The highest BCUT2D eigenvalue weighted by Crippen LogP contribution is 2.05. The van der Waals surface area contributed by atoms with Crippen molar-refractivity contribution in [3.63, 3.8) is 0 Å². The molecule has 1 fully saturated rings. The summed E-state index contributed by atoms with van der Waals surface area (Å²) in [6.45, 7) is 0.706. The lowest BCUT2D eigenvalue weighted by Crippen LogP contribution is -2.53. The van der Waals surface area contributed by atoms with Crippen LogP contribution in [0.4, 0.5) is 4.79 Å². The number of aliphatic hydroxyl groups excluding tert-OH is 1. The fourth-order valence-corrected chi connectivity index (χ4v) is 1.57. The number of nitrogens with zero attached hydrogens (tertiary/aromatic N) is 1. The van der Waals surface area contributed by atoms with Gasteiger partial charge in [0.2, 0.25) is 0 Å². The minimum Gasteiger partial charge on any atom is -0.480 e. The third-order valence-electron chi connectivity index (χ3n) is 2.55. The monoisotopic (exact) mass is 256 g/mol. The van der Waals surface area contributed by atoms with Crippen LogP contribution in [0, 0.1) is 12.3 Å². The molecule has 2 atom stereocenters. The minimum atomic E-state index is -1.17. The van der Waals surface area contributed by atoms with Gasteiger partial charge < -0.3 is 25.2 Å². The number of ether oxygens (including phenoxy) is 1. The van der Waals surface area contributed by atoms with E-state index in [0.29, 0.717) is 13.2 Å². The van der Waals surface area contributed by atoms with Gasteiger partial charge in [0.25, 0.3) is 0 Å². The smallest absolute Gasteiger partial charge is 0.327 e. The Morgan fingerprint density at radius 1 is 1.61 bits per heavy atom. The second kappa shape index (κ2) is 6.83. The van der Waals surface area contributed by atoms with Crippen molar-refractivity contribution < 1.29 is 24.5 Å².